The van der Waals surface area contributed by atoms with Crippen LogP contribution in [0.5, 0.6) is 0 Å². The van der Waals surface area contributed by atoms with Gasteiger partial charge in [0.15, 0.2) is 0 Å². The summed E-state index contributed by atoms with van der Waals surface area (Å²) in [5.41, 5.74) is 5.04. The first-order valence-electron chi connectivity index (χ1n) is 9.67. The molecule has 1 saturated heterocycles. The van der Waals surface area contributed by atoms with Crippen molar-refractivity contribution in [3.63, 3.8) is 0 Å². The molecule has 0 radical (unpaired) electrons. The summed E-state index contributed by atoms with van der Waals surface area (Å²) in [6, 6.07) is 16.8. The van der Waals surface area contributed by atoms with E-state index in [0.29, 0.717) is 0 Å². The van der Waals surface area contributed by atoms with Crippen molar-refractivity contribution < 1.29 is 4.79 Å². The van der Waals surface area contributed by atoms with Gasteiger partial charge in [0.05, 0.1) is 6.04 Å². The van der Waals surface area contributed by atoms with Crippen LogP contribution in [0.2, 0.25) is 0 Å². The minimum absolute atomic E-state index is 0.0936. The van der Waals surface area contributed by atoms with Crippen molar-refractivity contribution in [1.29, 1.82) is 0 Å². The maximum atomic E-state index is 12.7. The van der Waals surface area contributed by atoms with Gasteiger partial charge < -0.3 is 10.2 Å². The topological polar surface area (TPSA) is 35.6 Å². The highest BCUT2D eigenvalue weighted by molar-refractivity contribution is 5.94. The zero-order chi connectivity index (χ0) is 17.9. The van der Waals surface area contributed by atoms with Crippen molar-refractivity contribution in [2.24, 2.45) is 0 Å². The number of carbonyl (C=O) groups is 1. The second-order valence-electron chi connectivity index (χ2n) is 7.36. The van der Waals surface area contributed by atoms with E-state index in [1.54, 1.807) is 0 Å². The standard InChI is InChI=1S/C22H27N3O/c1-17(22(26)23-20-11-10-18-6-5-7-19(18)16-20)24-12-14-25(15-13-24)21-8-3-2-4-9-21/h2-4,8-11,16-17H,5-7,12-15H2,1H3,(H,23,26)/t17-/m0/s1. The number of fused-ring (bicyclic) bond motifs is 1. The average molecular weight is 349 g/mol. The van der Waals surface area contributed by atoms with E-state index in [-0.39, 0.29) is 11.9 Å². The molecular formula is C22H27N3O. The summed E-state index contributed by atoms with van der Waals surface area (Å²) >= 11 is 0. The lowest BCUT2D eigenvalue weighted by atomic mass is 10.1. The van der Waals surface area contributed by atoms with E-state index in [0.717, 1.165) is 38.3 Å². The molecule has 2 aromatic rings. The summed E-state index contributed by atoms with van der Waals surface area (Å²) in [6.45, 7) is 5.75. The molecule has 1 aliphatic heterocycles. The number of aryl methyl sites for hydroxylation is 2. The Hall–Kier alpha value is -2.33. The highest BCUT2D eigenvalue weighted by Crippen LogP contribution is 2.25. The molecular weight excluding hydrogens is 322 g/mol. The number of nitrogens with one attached hydrogen (secondary N) is 1. The number of hydrogen-bond donors (Lipinski definition) is 1. The van der Waals surface area contributed by atoms with Crippen LogP contribution < -0.4 is 10.2 Å². The van der Waals surface area contributed by atoms with Gasteiger partial charge in [0.2, 0.25) is 5.91 Å². The van der Waals surface area contributed by atoms with Crippen molar-refractivity contribution in [1.82, 2.24) is 4.90 Å². The fraction of sp³-hybridized carbons (Fsp3) is 0.409. The molecule has 1 heterocycles. The Kier molecular flexibility index (Phi) is 4.93. The van der Waals surface area contributed by atoms with Crippen LogP contribution in [0.25, 0.3) is 0 Å². The second-order valence-corrected chi connectivity index (χ2v) is 7.36. The van der Waals surface area contributed by atoms with Crippen molar-refractivity contribution in [2.75, 3.05) is 36.4 Å². The van der Waals surface area contributed by atoms with E-state index in [2.05, 4.69) is 51.5 Å². The van der Waals surface area contributed by atoms with Gasteiger partial charge in [-0.2, -0.15) is 0 Å². The highest BCUT2D eigenvalue weighted by atomic mass is 16.2. The molecule has 0 spiro atoms. The van der Waals surface area contributed by atoms with E-state index >= 15 is 0 Å². The third kappa shape index (κ3) is 3.61. The van der Waals surface area contributed by atoms with Crippen LogP contribution in [0.4, 0.5) is 11.4 Å². The van der Waals surface area contributed by atoms with Gasteiger partial charge in [-0.3, -0.25) is 9.69 Å². The number of para-hydroxylation sites is 1. The van der Waals surface area contributed by atoms with Crippen LogP contribution in [0.3, 0.4) is 0 Å². The molecule has 0 unspecified atom stereocenters. The van der Waals surface area contributed by atoms with E-state index in [1.165, 1.54) is 29.7 Å². The maximum Gasteiger partial charge on any atom is 0.241 e. The third-order valence-corrected chi connectivity index (χ3v) is 5.73. The largest absolute Gasteiger partial charge is 0.369 e. The Morgan fingerprint density at radius 3 is 2.46 bits per heavy atom. The van der Waals surface area contributed by atoms with Gasteiger partial charge in [-0.05, 0) is 61.6 Å². The Morgan fingerprint density at radius 1 is 0.962 bits per heavy atom. The first-order valence-corrected chi connectivity index (χ1v) is 9.67. The van der Waals surface area contributed by atoms with Gasteiger partial charge in [-0.1, -0.05) is 24.3 Å². The summed E-state index contributed by atoms with van der Waals surface area (Å²) in [5, 5.41) is 3.12. The molecule has 2 aliphatic rings. The van der Waals surface area contributed by atoms with Crippen LogP contribution in [0, 0.1) is 0 Å². The van der Waals surface area contributed by atoms with Gasteiger partial charge in [0.25, 0.3) is 0 Å². The smallest absolute Gasteiger partial charge is 0.241 e. The molecule has 4 heteroatoms. The molecule has 0 aromatic heterocycles. The predicted molar refractivity (Wildman–Crippen MR) is 107 cm³/mol. The lowest BCUT2D eigenvalue weighted by molar-refractivity contribution is -0.120. The number of piperazine rings is 1. The molecule has 4 rings (SSSR count). The van der Waals surface area contributed by atoms with E-state index in [4.69, 9.17) is 0 Å². The van der Waals surface area contributed by atoms with Crippen LogP contribution in [0.15, 0.2) is 48.5 Å². The SMILES string of the molecule is C[C@@H](C(=O)Nc1ccc2c(c1)CCC2)N1CCN(c2ccccc2)CC1. The number of nitrogens with zero attached hydrogens (tertiary/aromatic N) is 2. The molecule has 0 bridgehead atoms. The molecule has 1 aliphatic carbocycles. The fourth-order valence-corrected chi connectivity index (χ4v) is 4.07. The molecule has 2 aromatic carbocycles. The van der Waals surface area contributed by atoms with E-state index in [1.807, 2.05) is 19.1 Å². The van der Waals surface area contributed by atoms with Crippen LogP contribution in [-0.4, -0.2) is 43.0 Å². The van der Waals surface area contributed by atoms with Crippen LogP contribution in [0.1, 0.15) is 24.5 Å². The zero-order valence-corrected chi connectivity index (χ0v) is 15.4. The number of rotatable bonds is 4. The highest BCUT2D eigenvalue weighted by Gasteiger charge is 2.26. The van der Waals surface area contributed by atoms with E-state index < -0.39 is 0 Å². The summed E-state index contributed by atoms with van der Waals surface area (Å²) in [5.74, 6) is 0.0936. The van der Waals surface area contributed by atoms with Crippen LogP contribution >= 0.6 is 0 Å². The Labute approximate surface area is 155 Å². The second kappa shape index (κ2) is 7.50. The first-order chi connectivity index (χ1) is 12.7. The lowest BCUT2D eigenvalue weighted by Gasteiger charge is -2.38. The van der Waals surface area contributed by atoms with Gasteiger partial charge in [0, 0.05) is 37.6 Å². The third-order valence-electron chi connectivity index (χ3n) is 5.73. The summed E-state index contributed by atoms with van der Waals surface area (Å²) < 4.78 is 0. The van der Waals surface area contributed by atoms with Gasteiger partial charge in [-0.25, -0.2) is 0 Å². The molecule has 4 nitrogen and oxygen atoms in total. The van der Waals surface area contributed by atoms with E-state index in [9.17, 15) is 4.79 Å². The predicted octanol–water partition coefficient (Wildman–Crippen LogP) is 3.32. The summed E-state index contributed by atoms with van der Waals surface area (Å²) in [6.07, 6.45) is 3.54. The Morgan fingerprint density at radius 2 is 1.69 bits per heavy atom. The number of hydrogen-bond acceptors (Lipinski definition) is 3. The zero-order valence-electron chi connectivity index (χ0n) is 15.4. The molecule has 1 N–H and O–H groups in total. The maximum absolute atomic E-state index is 12.7. The monoisotopic (exact) mass is 349 g/mol. The van der Waals surface area contributed by atoms with Crippen molar-refractivity contribution in [2.45, 2.75) is 32.2 Å². The molecule has 136 valence electrons. The number of carbonyl (C=O) groups excluding carboxylic acids is 1. The van der Waals surface area contributed by atoms with Crippen LogP contribution in [-0.2, 0) is 17.6 Å². The normalized spacial score (nSPS) is 18.4. The summed E-state index contributed by atoms with van der Waals surface area (Å²) in [4.78, 5) is 17.4. The van der Waals surface area contributed by atoms with Crippen molar-refractivity contribution in [3.05, 3.63) is 59.7 Å². The Bertz CT molecular complexity index is 766. The van der Waals surface area contributed by atoms with Crippen molar-refractivity contribution in [3.8, 4) is 0 Å². The first kappa shape index (κ1) is 17.1. The quantitative estimate of drug-likeness (QED) is 0.920. The molecule has 0 saturated carbocycles. The van der Waals surface area contributed by atoms with Gasteiger partial charge >= 0.3 is 0 Å². The molecule has 26 heavy (non-hydrogen) atoms. The number of anilines is 2. The summed E-state index contributed by atoms with van der Waals surface area (Å²) in [7, 11) is 0. The lowest BCUT2D eigenvalue weighted by Crippen LogP contribution is -2.52. The van der Waals surface area contributed by atoms with Crippen molar-refractivity contribution >= 4 is 17.3 Å². The number of amides is 1. The fourth-order valence-electron chi connectivity index (χ4n) is 4.07. The van der Waals surface area contributed by atoms with Gasteiger partial charge in [0.1, 0.15) is 0 Å². The minimum Gasteiger partial charge on any atom is -0.369 e. The molecule has 1 atom stereocenters. The Balaban J connectivity index is 1.33. The van der Waals surface area contributed by atoms with Gasteiger partial charge in [-0.15, -0.1) is 0 Å². The minimum atomic E-state index is -0.110. The molecule has 1 fully saturated rings. The average Bonchev–Trinajstić information content (AvgIpc) is 3.16. The number of benzene rings is 2. The molecule has 1 amide bonds.